The number of nitrogens with zero attached hydrogens (tertiary/aromatic N) is 4. The van der Waals surface area contributed by atoms with Gasteiger partial charge in [0.2, 0.25) is 5.75 Å². The van der Waals surface area contributed by atoms with E-state index in [-0.39, 0.29) is 38.1 Å². The molecule has 10 nitrogen and oxygen atoms in total. The predicted octanol–water partition coefficient (Wildman–Crippen LogP) is 5.49. The summed E-state index contributed by atoms with van der Waals surface area (Å²) in [5.74, 6) is -1.86. The minimum Gasteiger partial charge on any atom is -0.479 e. The van der Waals surface area contributed by atoms with Crippen LogP contribution in [0.2, 0.25) is 0 Å². The summed E-state index contributed by atoms with van der Waals surface area (Å²) in [6.45, 7) is 1.20. The van der Waals surface area contributed by atoms with Gasteiger partial charge in [-0.2, -0.15) is 22.9 Å². The Morgan fingerprint density at radius 2 is 1.92 bits per heavy atom. The molecule has 0 spiro atoms. The summed E-state index contributed by atoms with van der Waals surface area (Å²) in [5.41, 5.74) is -1.94. The molecule has 1 aromatic heterocycles. The number of rotatable bonds is 7. The van der Waals surface area contributed by atoms with E-state index in [4.69, 9.17) is 9.84 Å². The van der Waals surface area contributed by atoms with Gasteiger partial charge in [-0.25, -0.2) is 9.78 Å². The molecular formula is C25H16BrF3N4O6. The van der Waals surface area contributed by atoms with E-state index in [0.717, 1.165) is 29.1 Å². The van der Waals surface area contributed by atoms with Gasteiger partial charge in [-0.05, 0) is 53.2 Å². The van der Waals surface area contributed by atoms with Gasteiger partial charge in [0.25, 0.3) is 5.56 Å². The second kappa shape index (κ2) is 10.6. The zero-order valence-corrected chi connectivity index (χ0v) is 21.3. The van der Waals surface area contributed by atoms with E-state index in [9.17, 15) is 32.9 Å². The number of carboxylic acid groups (broad SMARTS) is 1. The Kier molecular flexibility index (Phi) is 7.49. The van der Waals surface area contributed by atoms with E-state index in [1.165, 1.54) is 37.3 Å². The topological polar surface area (TPSA) is 137 Å². The second-order valence-corrected chi connectivity index (χ2v) is 8.95. The monoisotopic (exact) mass is 604 g/mol. The van der Waals surface area contributed by atoms with Gasteiger partial charge in [0.15, 0.2) is 11.9 Å². The summed E-state index contributed by atoms with van der Waals surface area (Å²) >= 11 is 3.12. The summed E-state index contributed by atoms with van der Waals surface area (Å²) in [5, 5.41) is 25.0. The average Bonchev–Trinajstić information content (AvgIpc) is 2.88. The lowest BCUT2D eigenvalue weighted by molar-refractivity contribution is -0.386. The lowest BCUT2D eigenvalue weighted by atomic mass is 10.1. The molecule has 0 fully saturated rings. The lowest BCUT2D eigenvalue weighted by Gasteiger charge is -2.13. The highest BCUT2D eigenvalue weighted by molar-refractivity contribution is 9.10. The first-order chi connectivity index (χ1) is 18.4. The van der Waals surface area contributed by atoms with Gasteiger partial charge in [0, 0.05) is 17.2 Å². The molecule has 39 heavy (non-hydrogen) atoms. The third-order valence-corrected chi connectivity index (χ3v) is 6.00. The number of fused-ring (bicyclic) bond motifs is 1. The molecule has 0 unspecified atom stereocenters. The smallest absolute Gasteiger partial charge is 0.416 e. The fourth-order valence-corrected chi connectivity index (χ4v) is 4.09. The number of hydrogen-bond acceptors (Lipinski definition) is 7. The molecule has 200 valence electrons. The molecule has 0 bridgehead atoms. The Morgan fingerprint density at radius 3 is 2.59 bits per heavy atom. The number of nitro groups is 1. The van der Waals surface area contributed by atoms with Crippen molar-refractivity contribution in [3.63, 3.8) is 0 Å². The van der Waals surface area contributed by atoms with Crippen LogP contribution in [0.5, 0.6) is 5.75 Å². The molecule has 1 N–H and O–H groups in total. The quantitative estimate of drug-likeness (QED) is 0.167. The zero-order chi connectivity index (χ0) is 28.5. The van der Waals surface area contributed by atoms with Crippen molar-refractivity contribution in [2.45, 2.75) is 19.2 Å². The molecule has 0 amide bonds. The van der Waals surface area contributed by atoms with Gasteiger partial charge in [-0.3, -0.25) is 14.9 Å². The van der Waals surface area contributed by atoms with Crippen molar-refractivity contribution >= 4 is 44.7 Å². The molecule has 4 rings (SSSR count). The maximum atomic E-state index is 13.4. The van der Waals surface area contributed by atoms with E-state index in [1.54, 1.807) is 12.1 Å². The average molecular weight is 605 g/mol. The maximum absolute atomic E-state index is 13.4. The summed E-state index contributed by atoms with van der Waals surface area (Å²) in [4.78, 5) is 39.7. The van der Waals surface area contributed by atoms with E-state index >= 15 is 0 Å². The predicted molar refractivity (Wildman–Crippen MR) is 138 cm³/mol. The van der Waals surface area contributed by atoms with Crippen LogP contribution in [0.3, 0.4) is 0 Å². The summed E-state index contributed by atoms with van der Waals surface area (Å²) in [7, 11) is 0. The minimum atomic E-state index is -4.64. The third kappa shape index (κ3) is 5.80. The zero-order valence-electron chi connectivity index (χ0n) is 19.7. The molecule has 0 aliphatic heterocycles. The van der Waals surface area contributed by atoms with Crippen LogP contribution in [0, 0.1) is 10.1 Å². The van der Waals surface area contributed by atoms with Crippen LogP contribution in [0.1, 0.15) is 18.1 Å². The lowest BCUT2D eigenvalue weighted by Crippen LogP contribution is -2.23. The summed E-state index contributed by atoms with van der Waals surface area (Å²) < 4.78 is 46.1. The van der Waals surface area contributed by atoms with E-state index in [2.05, 4.69) is 26.0 Å². The highest BCUT2D eigenvalue weighted by Crippen LogP contribution is 2.37. The number of aliphatic carboxylic acids is 1. The van der Waals surface area contributed by atoms with Crippen LogP contribution >= 0.6 is 15.9 Å². The van der Waals surface area contributed by atoms with Crippen molar-refractivity contribution in [1.82, 2.24) is 9.66 Å². The fourth-order valence-electron chi connectivity index (χ4n) is 3.53. The van der Waals surface area contributed by atoms with Crippen molar-refractivity contribution in [2.75, 3.05) is 0 Å². The molecule has 1 atom stereocenters. The largest absolute Gasteiger partial charge is 0.479 e. The van der Waals surface area contributed by atoms with Crippen molar-refractivity contribution in [2.24, 2.45) is 5.10 Å². The summed E-state index contributed by atoms with van der Waals surface area (Å²) in [6, 6.07) is 12.8. The van der Waals surface area contributed by atoms with E-state index in [0.29, 0.717) is 0 Å². The van der Waals surface area contributed by atoms with Crippen LogP contribution in [0.15, 0.2) is 75.0 Å². The Balaban J connectivity index is 1.88. The maximum Gasteiger partial charge on any atom is 0.416 e. The second-order valence-electron chi connectivity index (χ2n) is 8.10. The number of alkyl halides is 3. The van der Waals surface area contributed by atoms with Crippen molar-refractivity contribution < 1.29 is 32.7 Å². The fraction of sp³-hybridized carbons (Fsp3) is 0.120. The molecule has 0 aliphatic carbocycles. The van der Waals surface area contributed by atoms with Crippen molar-refractivity contribution in [3.05, 3.63) is 96.7 Å². The Bertz CT molecular complexity index is 1700. The third-order valence-electron chi connectivity index (χ3n) is 5.41. The first-order valence-electron chi connectivity index (χ1n) is 11.0. The Morgan fingerprint density at radius 1 is 1.21 bits per heavy atom. The van der Waals surface area contributed by atoms with Crippen LogP contribution in [-0.2, 0) is 11.0 Å². The number of hydrogen-bond donors (Lipinski definition) is 1. The molecule has 0 radical (unpaired) electrons. The molecular weight excluding hydrogens is 589 g/mol. The van der Waals surface area contributed by atoms with Crippen LogP contribution in [-0.4, -0.2) is 38.0 Å². The number of para-hydroxylation sites is 1. The first kappa shape index (κ1) is 27.4. The molecule has 4 aromatic rings. The number of nitro benzene ring substituents is 1. The SMILES string of the molecule is C[C@H](Oc1c(Br)cc(C=Nn2c(-c3cccc(C(F)(F)F)c3)nc3ccccc3c2=O)cc1[N+](=O)[O-])C(=O)O. The van der Waals surface area contributed by atoms with Gasteiger partial charge in [0.05, 0.1) is 32.1 Å². The number of halogens is 4. The number of benzene rings is 3. The Labute approximate surface area is 225 Å². The van der Waals surface area contributed by atoms with E-state index in [1.807, 2.05) is 0 Å². The molecule has 14 heteroatoms. The molecule has 1 heterocycles. The molecule has 0 saturated heterocycles. The van der Waals surface area contributed by atoms with Gasteiger partial charge in [-0.15, -0.1) is 0 Å². The Hall–Kier alpha value is -4.59. The molecule has 0 saturated carbocycles. The number of carboxylic acids is 1. The first-order valence-corrected chi connectivity index (χ1v) is 11.8. The van der Waals surface area contributed by atoms with Gasteiger partial charge in [-0.1, -0.05) is 24.3 Å². The normalized spacial score (nSPS) is 12.5. The van der Waals surface area contributed by atoms with Crippen molar-refractivity contribution in [1.29, 1.82) is 0 Å². The van der Waals surface area contributed by atoms with Gasteiger partial charge in [0.1, 0.15) is 0 Å². The number of ether oxygens (including phenoxy) is 1. The minimum absolute atomic E-state index is 0.0355. The standard InChI is InChI=1S/C25H16BrF3N4O6/c1-13(24(35)36)39-21-18(26)9-14(10-20(21)33(37)38)12-30-32-22(15-5-4-6-16(11-15)25(27,28)29)31-19-8-3-2-7-17(19)23(32)34/h2-13H,1H3,(H,35,36)/t13-/m0/s1. The number of carbonyl (C=O) groups is 1. The van der Waals surface area contributed by atoms with Crippen LogP contribution in [0.4, 0.5) is 18.9 Å². The summed E-state index contributed by atoms with van der Waals surface area (Å²) in [6.07, 6.45) is -4.96. The van der Waals surface area contributed by atoms with Gasteiger partial charge >= 0.3 is 17.8 Å². The van der Waals surface area contributed by atoms with Gasteiger partial charge < -0.3 is 9.84 Å². The van der Waals surface area contributed by atoms with Crippen LogP contribution < -0.4 is 10.3 Å². The highest BCUT2D eigenvalue weighted by Gasteiger charge is 2.31. The number of aromatic nitrogens is 2. The van der Waals surface area contributed by atoms with Crippen molar-refractivity contribution in [3.8, 4) is 17.1 Å². The van der Waals surface area contributed by atoms with E-state index < -0.39 is 40.0 Å². The molecule has 0 aliphatic rings. The van der Waals surface area contributed by atoms with Crippen LogP contribution in [0.25, 0.3) is 22.3 Å². The molecule has 3 aromatic carbocycles. The highest BCUT2D eigenvalue weighted by atomic mass is 79.9.